The van der Waals surface area contributed by atoms with Crippen molar-refractivity contribution in [1.82, 2.24) is 4.98 Å². The molecule has 0 saturated carbocycles. The molecule has 1 aromatic heterocycles. The quantitative estimate of drug-likeness (QED) is 0.795. The van der Waals surface area contributed by atoms with E-state index < -0.39 is 17.7 Å². The van der Waals surface area contributed by atoms with Crippen LogP contribution in [0.4, 0.5) is 16.3 Å². The van der Waals surface area contributed by atoms with Crippen LogP contribution in [0.5, 0.6) is 0 Å². The molecule has 1 heterocycles. The Bertz CT molecular complexity index is 782. The number of aromatic nitrogens is 1. The van der Waals surface area contributed by atoms with E-state index >= 15 is 0 Å². The van der Waals surface area contributed by atoms with Crippen molar-refractivity contribution in [2.75, 3.05) is 11.1 Å². The maximum atomic E-state index is 11.8. The number of carbonyl (C=O) groups excluding carboxylic acids is 1. The zero-order chi connectivity index (χ0) is 17.9. The number of rotatable bonds is 3. The third-order valence-electron chi connectivity index (χ3n) is 2.97. The monoisotopic (exact) mass is 329 g/mol. The number of ether oxygens (including phenoxy) is 1. The third kappa shape index (κ3) is 4.45. The number of benzene rings is 1. The van der Waals surface area contributed by atoms with E-state index in [-0.39, 0.29) is 11.4 Å². The van der Waals surface area contributed by atoms with Crippen molar-refractivity contribution in [3.8, 4) is 11.1 Å². The lowest BCUT2D eigenvalue weighted by Gasteiger charge is -2.19. The van der Waals surface area contributed by atoms with Crippen molar-refractivity contribution in [2.45, 2.75) is 26.4 Å². The number of pyridine rings is 1. The van der Waals surface area contributed by atoms with Gasteiger partial charge in [0.1, 0.15) is 11.4 Å². The van der Waals surface area contributed by atoms with Gasteiger partial charge in [0.05, 0.1) is 5.56 Å². The number of carboxylic acids is 1. The number of nitrogen functional groups attached to an aromatic ring is 1. The van der Waals surface area contributed by atoms with Crippen LogP contribution < -0.4 is 11.1 Å². The summed E-state index contributed by atoms with van der Waals surface area (Å²) in [7, 11) is 0. The largest absolute Gasteiger partial charge is 0.478 e. The maximum Gasteiger partial charge on any atom is 0.412 e. The van der Waals surface area contributed by atoms with E-state index in [0.717, 1.165) is 0 Å². The fourth-order valence-electron chi connectivity index (χ4n) is 2.06. The smallest absolute Gasteiger partial charge is 0.412 e. The van der Waals surface area contributed by atoms with Gasteiger partial charge in [0.25, 0.3) is 0 Å². The van der Waals surface area contributed by atoms with Gasteiger partial charge in [0.15, 0.2) is 0 Å². The average Bonchev–Trinajstić information content (AvgIpc) is 2.45. The summed E-state index contributed by atoms with van der Waals surface area (Å²) < 4.78 is 5.19. The summed E-state index contributed by atoms with van der Waals surface area (Å²) in [4.78, 5) is 27.2. The molecule has 0 aliphatic heterocycles. The molecule has 0 atom stereocenters. The average molecular weight is 329 g/mol. The molecular formula is C17H19N3O4. The minimum atomic E-state index is -1.11. The summed E-state index contributed by atoms with van der Waals surface area (Å²) in [5, 5.41) is 11.9. The minimum absolute atomic E-state index is 0.0388. The Morgan fingerprint density at radius 3 is 2.58 bits per heavy atom. The molecule has 7 heteroatoms. The van der Waals surface area contributed by atoms with E-state index in [2.05, 4.69) is 10.3 Å². The van der Waals surface area contributed by atoms with Crippen LogP contribution in [-0.4, -0.2) is 27.8 Å². The first-order valence-electron chi connectivity index (χ1n) is 7.25. The van der Waals surface area contributed by atoms with Gasteiger partial charge in [-0.3, -0.25) is 5.32 Å². The molecule has 24 heavy (non-hydrogen) atoms. The van der Waals surface area contributed by atoms with Gasteiger partial charge in [0, 0.05) is 17.4 Å². The summed E-state index contributed by atoms with van der Waals surface area (Å²) in [6.07, 6.45) is 0.805. The van der Waals surface area contributed by atoms with E-state index in [4.69, 9.17) is 10.5 Å². The zero-order valence-electron chi connectivity index (χ0n) is 13.7. The van der Waals surface area contributed by atoms with Crippen LogP contribution in [-0.2, 0) is 4.74 Å². The predicted molar refractivity (Wildman–Crippen MR) is 90.9 cm³/mol. The molecule has 0 saturated heterocycles. The molecule has 126 valence electrons. The van der Waals surface area contributed by atoms with Gasteiger partial charge < -0.3 is 15.6 Å². The molecule has 0 radical (unpaired) electrons. The van der Waals surface area contributed by atoms with Crippen LogP contribution in [0.3, 0.4) is 0 Å². The number of carbonyl (C=O) groups is 2. The van der Waals surface area contributed by atoms with Gasteiger partial charge in [-0.2, -0.15) is 0 Å². The van der Waals surface area contributed by atoms with Crippen molar-refractivity contribution in [3.05, 3.63) is 42.1 Å². The van der Waals surface area contributed by atoms with E-state index in [9.17, 15) is 14.7 Å². The summed E-state index contributed by atoms with van der Waals surface area (Å²) in [6, 6.07) is 8.04. The highest BCUT2D eigenvalue weighted by atomic mass is 16.6. The van der Waals surface area contributed by atoms with Crippen molar-refractivity contribution >= 4 is 23.6 Å². The van der Waals surface area contributed by atoms with E-state index in [0.29, 0.717) is 16.8 Å². The highest BCUT2D eigenvalue weighted by Crippen LogP contribution is 2.27. The molecule has 7 nitrogen and oxygen atoms in total. The lowest BCUT2D eigenvalue weighted by Crippen LogP contribution is -2.27. The van der Waals surface area contributed by atoms with Gasteiger partial charge >= 0.3 is 12.1 Å². The molecule has 0 fully saturated rings. The maximum absolute atomic E-state index is 11.8. The Balaban J connectivity index is 2.32. The number of hydrogen-bond donors (Lipinski definition) is 3. The van der Waals surface area contributed by atoms with Crippen LogP contribution in [0.1, 0.15) is 31.1 Å². The Kier molecular flexibility index (Phi) is 4.73. The topological polar surface area (TPSA) is 115 Å². The Morgan fingerprint density at radius 2 is 1.96 bits per heavy atom. The Hall–Kier alpha value is -3.09. The SMILES string of the molecule is CC(C)(C)OC(=O)Nc1cccc(-c2cnc(N)cc2C(=O)O)c1. The number of carboxylic acid groups (broad SMARTS) is 1. The van der Waals surface area contributed by atoms with Gasteiger partial charge in [-0.1, -0.05) is 12.1 Å². The second-order valence-electron chi connectivity index (χ2n) is 6.17. The number of nitrogens with one attached hydrogen (secondary N) is 1. The van der Waals surface area contributed by atoms with Crippen LogP contribution in [0, 0.1) is 0 Å². The van der Waals surface area contributed by atoms with Crippen molar-refractivity contribution < 1.29 is 19.4 Å². The Labute approximate surface area is 139 Å². The summed E-state index contributed by atoms with van der Waals surface area (Å²) in [5.74, 6) is -0.983. The molecule has 2 rings (SSSR count). The summed E-state index contributed by atoms with van der Waals surface area (Å²) >= 11 is 0. The first-order valence-corrected chi connectivity index (χ1v) is 7.25. The van der Waals surface area contributed by atoms with Gasteiger partial charge in [-0.15, -0.1) is 0 Å². The summed E-state index contributed by atoms with van der Waals surface area (Å²) in [6.45, 7) is 5.30. The number of anilines is 2. The second kappa shape index (κ2) is 6.57. The lowest BCUT2D eigenvalue weighted by atomic mass is 10.0. The molecule has 0 aliphatic carbocycles. The normalized spacial score (nSPS) is 11.0. The fourth-order valence-corrected chi connectivity index (χ4v) is 2.06. The number of nitrogens with zero attached hydrogens (tertiary/aromatic N) is 1. The molecule has 1 amide bonds. The van der Waals surface area contributed by atoms with E-state index in [1.54, 1.807) is 45.0 Å². The van der Waals surface area contributed by atoms with Gasteiger partial charge in [-0.05, 0) is 44.5 Å². The highest BCUT2D eigenvalue weighted by Gasteiger charge is 2.17. The molecule has 0 spiro atoms. The van der Waals surface area contributed by atoms with Crippen molar-refractivity contribution in [1.29, 1.82) is 0 Å². The second-order valence-corrected chi connectivity index (χ2v) is 6.17. The van der Waals surface area contributed by atoms with Crippen molar-refractivity contribution in [3.63, 3.8) is 0 Å². The number of aromatic carboxylic acids is 1. The summed E-state index contributed by atoms with van der Waals surface area (Å²) in [5.41, 5.74) is 6.46. The van der Waals surface area contributed by atoms with Crippen LogP contribution in [0.2, 0.25) is 0 Å². The molecule has 0 unspecified atom stereocenters. The zero-order valence-corrected chi connectivity index (χ0v) is 13.7. The molecule has 2 aromatic rings. The molecule has 0 bridgehead atoms. The van der Waals surface area contributed by atoms with E-state index in [1.165, 1.54) is 12.3 Å². The number of nitrogens with two attached hydrogens (primary N) is 1. The molecular weight excluding hydrogens is 310 g/mol. The minimum Gasteiger partial charge on any atom is -0.478 e. The van der Waals surface area contributed by atoms with Crippen molar-refractivity contribution in [2.24, 2.45) is 0 Å². The third-order valence-corrected chi connectivity index (χ3v) is 2.97. The van der Waals surface area contributed by atoms with Gasteiger partial charge in [0.2, 0.25) is 0 Å². The standard InChI is InChI=1S/C17H19N3O4/c1-17(2,3)24-16(23)20-11-6-4-5-10(7-11)13-9-19-14(18)8-12(13)15(21)22/h4-9H,1-3H3,(H2,18,19)(H,20,23)(H,21,22). The molecule has 1 aromatic carbocycles. The lowest BCUT2D eigenvalue weighted by molar-refractivity contribution is 0.0634. The van der Waals surface area contributed by atoms with Crippen LogP contribution >= 0.6 is 0 Å². The van der Waals surface area contributed by atoms with Crippen LogP contribution in [0.15, 0.2) is 36.5 Å². The Morgan fingerprint density at radius 1 is 1.25 bits per heavy atom. The van der Waals surface area contributed by atoms with Crippen LogP contribution in [0.25, 0.3) is 11.1 Å². The highest BCUT2D eigenvalue weighted by molar-refractivity contribution is 5.97. The molecule has 4 N–H and O–H groups in total. The fraction of sp³-hybridized carbons (Fsp3) is 0.235. The van der Waals surface area contributed by atoms with Gasteiger partial charge in [-0.25, -0.2) is 14.6 Å². The number of amides is 1. The number of hydrogen-bond acceptors (Lipinski definition) is 5. The first kappa shape index (κ1) is 17.3. The first-order chi connectivity index (χ1) is 11.2. The van der Waals surface area contributed by atoms with E-state index in [1.807, 2.05) is 0 Å². The molecule has 0 aliphatic rings. The predicted octanol–water partition coefficient (Wildman–Crippen LogP) is 3.38.